The minimum atomic E-state index is -0.140. The Balaban J connectivity index is 2.02. The maximum Gasteiger partial charge on any atom is 0.228 e. The quantitative estimate of drug-likeness (QED) is 0.818. The van der Waals surface area contributed by atoms with E-state index in [9.17, 15) is 4.79 Å². The molecule has 0 bridgehead atoms. The van der Waals surface area contributed by atoms with Crippen molar-refractivity contribution in [2.45, 2.75) is 19.8 Å². The number of carbonyl (C=O) groups is 1. The maximum atomic E-state index is 12.0. The van der Waals surface area contributed by atoms with Crippen LogP contribution in [-0.4, -0.2) is 32.7 Å². The predicted octanol–water partition coefficient (Wildman–Crippen LogP) is 0.976. The maximum absolute atomic E-state index is 12.0. The van der Waals surface area contributed by atoms with Crippen molar-refractivity contribution < 1.29 is 4.79 Å². The van der Waals surface area contributed by atoms with E-state index in [1.54, 1.807) is 4.68 Å². The SMILES string of the molecule is CCCC(CN)C(=O)Nc1ccc(-n2cnnn2)cc1. The zero-order valence-corrected chi connectivity index (χ0v) is 11.4. The van der Waals surface area contributed by atoms with Gasteiger partial charge in [0.05, 0.1) is 11.6 Å². The van der Waals surface area contributed by atoms with Gasteiger partial charge in [0.15, 0.2) is 0 Å². The molecule has 0 saturated heterocycles. The summed E-state index contributed by atoms with van der Waals surface area (Å²) in [6.07, 6.45) is 3.25. The highest BCUT2D eigenvalue weighted by molar-refractivity contribution is 5.92. The third-order valence-corrected chi connectivity index (χ3v) is 3.04. The molecule has 7 heteroatoms. The van der Waals surface area contributed by atoms with Gasteiger partial charge in [-0.25, -0.2) is 4.68 Å². The summed E-state index contributed by atoms with van der Waals surface area (Å²) in [6.45, 7) is 2.40. The summed E-state index contributed by atoms with van der Waals surface area (Å²) in [7, 11) is 0. The summed E-state index contributed by atoms with van der Waals surface area (Å²) in [5, 5.41) is 13.8. The van der Waals surface area contributed by atoms with Crippen LogP contribution in [0.25, 0.3) is 5.69 Å². The number of benzene rings is 1. The van der Waals surface area contributed by atoms with Crippen LogP contribution in [0.1, 0.15) is 19.8 Å². The number of hydrogen-bond donors (Lipinski definition) is 2. The Bertz CT molecular complexity index is 536. The second-order valence-corrected chi connectivity index (χ2v) is 4.51. The lowest BCUT2D eigenvalue weighted by Gasteiger charge is -2.14. The van der Waals surface area contributed by atoms with Crippen molar-refractivity contribution in [3.05, 3.63) is 30.6 Å². The molecule has 1 aromatic carbocycles. The van der Waals surface area contributed by atoms with Crippen LogP contribution in [0.3, 0.4) is 0 Å². The van der Waals surface area contributed by atoms with E-state index >= 15 is 0 Å². The number of nitrogens with one attached hydrogen (secondary N) is 1. The van der Waals surface area contributed by atoms with E-state index in [0.717, 1.165) is 24.2 Å². The molecule has 0 fully saturated rings. The van der Waals surface area contributed by atoms with Gasteiger partial charge in [-0.05, 0) is 41.1 Å². The van der Waals surface area contributed by atoms with E-state index in [2.05, 4.69) is 20.8 Å². The van der Waals surface area contributed by atoms with E-state index in [-0.39, 0.29) is 11.8 Å². The number of rotatable bonds is 6. The van der Waals surface area contributed by atoms with E-state index in [1.807, 2.05) is 31.2 Å². The third kappa shape index (κ3) is 3.39. The Hall–Kier alpha value is -2.28. The Kier molecular flexibility index (Phi) is 4.78. The molecule has 1 heterocycles. The van der Waals surface area contributed by atoms with Crippen molar-refractivity contribution >= 4 is 11.6 Å². The van der Waals surface area contributed by atoms with Crippen molar-refractivity contribution in [2.75, 3.05) is 11.9 Å². The fraction of sp³-hybridized carbons (Fsp3) is 0.385. The number of amides is 1. The van der Waals surface area contributed by atoms with Crippen molar-refractivity contribution in [3.63, 3.8) is 0 Å². The Morgan fingerprint density at radius 3 is 2.70 bits per heavy atom. The first-order valence-electron chi connectivity index (χ1n) is 6.59. The molecule has 106 valence electrons. The van der Waals surface area contributed by atoms with Crippen molar-refractivity contribution in [1.29, 1.82) is 0 Å². The van der Waals surface area contributed by atoms with Gasteiger partial charge < -0.3 is 11.1 Å². The minimum absolute atomic E-state index is 0.0375. The van der Waals surface area contributed by atoms with Crippen molar-refractivity contribution in [3.8, 4) is 5.69 Å². The average Bonchev–Trinajstić information content (AvgIpc) is 2.99. The average molecular weight is 274 g/mol. The predicted molar refractivity (Wildman–Crippen MR) is 75.2 cm³/mol. The minimum Gasteiger partial charge on any atom is -0.330 e. The highest BCUT2D eigenvalue weighted by atomic mass is 16.1. The van der Waals surface area contributed by atoms with Crippen LogP contribution in [-0.2, 0) is 4.79 Å². The summed E-state index contributed by atoms with van der Waals surface area (Å²) >= 11 is 0. The summed E-state index contributed by atoms with van der Waals surface area (Å²) in [5.74, 6) is -0.177. The van der Waals surface area contributed by atoms with Crippen LogP contribution in [0.5, 0.6) is 0 Å². The highest BCUT2D eigenvalue weighted by Crippen LogP contribution is 2.14. The molecule has 0 radical (unpaired) electrons. The second-order valence-electron chi connectivity index (χ2n) is 4.51. The lowest BCUT2D eigenvalue weighted by Crippen LogP contribution is -2.29. The molecule has 0 aliphatic carbocycles. The van der Waals surface area contributed by atoms with Gasteiger partial charge in [-0.15, -0.1) is 5.10 Å². The standard InChI is InChI=1S/C13H18N6O/c1-2-3-10(8-14)13(20)16-11-4-6-12(7-5-11)19-9-15-17-18-19/h4-7,9-10H,2-3,8,14H2,1H3,(H,16,20). The number of hydrogen-bond acceptors (Lipinski definition) is 5. The van der Waals surface area contributed by atoms with Gasteiger partial charge in [-0.2, -0.15) is 0 Å². The molecule has 20 heavy (non-hydrogen) atoms. The molecule has 0 aliphatic rings. The smallest absolute Gasteiger partial charge is 0.228 e. The van der Waals surface area contributed by atoms with Gasteiger partial charge in [0.25, 0.3) is 0 Å². The molecule has 2 rings (SSSR count). The number of aromatic nitrogens is 4. The molecule has 0 aliphatic heterocycles. The van der Waals surface area contributed by atoms with Gasteiger partial charge in [0.2, 0.25) is 5.91 Å². The fourth-order valence-electron chi connectivity index (χ4n) is 1.93. The fourth-order valence-corrected chi connectivity index (χ4v) is 1.93. The summed E-state index contributed by atoms with van der Waals surface area (Å²) < 4.78 is 1.55. The van der Waals surface area contributed by atoms with Crippen molar-refractivity contribution in [1.82, 2.24) is 20.2 Å². The number of carbonyl (C=O) groups excluding carboxylic acids is 1. The number of nitrogens with zero attached hydrogens (tertiary/aromatic N) is 4. The first kappa shape index (κ1) is 14.1. The first-order valence-corrected chi connectivity index (χ1v) is 6.59. The second kappa shape index (κ2) is 6.76. The zero-order valence-electron chi connectivity index (χ0n) is 11.4. The van der Waals surface area contributed by atoms with E-state index in [0.29, 0.717) is 6.54 Å². The van der Waals surface area contributed by atoms with Crippen LogP contribution in [0.15, 0.2) is 30.6 Å². The number of nitrogens with two attached hydrogens (primary N) is 1. The Morgan fingerprint density at radius 1 is 1.40 bits per heavy atom. The molecule has 3 N–H and O–H groups in total. The van der Waals surface area contributed by atoms with Gasteiger partial charge in [-0.1, -0.05) is 13.3 Å². The topological polar surface area (TPSA) is 98.7 Å². The molecule has 1 unspecified atom stereocenters. The van der Waals surface area contributed by atoms with E-state index < -0.39 is 0 Å². The normalized spacial score (nSPS) is 12.1. The van der Waals surface area contributed by atoms with Gasteiger partial charge in [0.1, 0.15) is 6.33 Å². The van der Waals surface area contributed by atoms with Gasteiger partial charge in [-0.3, -0.25) is 4.79 Å². The molecule has 1 amide bonds. The largest absolute Gasteiger partial charge is 0.330 e. The van der Waals surface area contributed by atoms with Crippen LogP contribution in [0.2, 0.25) is 0 Å². The van der Waals surface area contributed by atoms with Crippen LogP contribution >= 0.6 is 0 Å². The Labute approximate surface area is 117 Å². The van der Waals surface area contributed by atoms with Crippen molar-refractivity contribution in [2.24, 2.45) is 11.7 Å². The van der Waals surface area contributed by atoms with Crippen LogP contribution in [0, 0.1) is 5.92 Å². The highest BCUT2D eigenvalue weighted by Gasteiger charge is 2.15. The molecular formula is C13H18N6O. The lowest BCUT2D eigenvalue weighted by molar-refractivity contribution is -0.119. The number of anilines is 1. The first-order chi connectivity index (χ1) is 9.74. The Morgan fingerprint density at radius 2 is 2.15 bits per heavy atom. The molecule has 1 atom stereocenters. The zero-order chi connectivity index (χ0) is 14.4. The molecule has 7 nitrogen and oxygen atoms in total. The van der Waals surface area contributed by atoms with E-state index in [4.69, 9.17) is 5.73 Å². The summed E-state index contributed by atoms with van der Waals surface area (Å²) in [4.78, 5) is 12.0. The van der Waals surface area contributed by atoms with Crippen LogP contribution in [0.4, 0.5) is 5.69 Å². The molecule has 2 aromatic rings. The molecule has 1 aromatic heterocycles. The van der Waals surface area contributed by atoms with Crippen LogP contribution < -0.4 is 11.1 Å². The third-order valence-electron chi connectivity index (χ3n) is 3.04. The van der Waals surface area contributed by atoms with Gasteiger partial charge in [0, 0.05) is 12.2 Å². The monoisotopic (exact) mass is 274 g/mol. The molecule has 0 spiro atoms. The van der Waals surface area contributed by atoms with E-state index in [1.165, 1.54) is 6.33 Å². The lowest BCUT2D eigenvalue weighted by atomic mass is 10.0. The molecule has 0 saturated carbocycles. The summed E-state index contributed by atoms with van der Waals surface area (Å²) in [5.41, 5.74) is 7.18. The number of tetrazole rings is 1. The molecular weight excluding hydrogens is 256 g/mol. The summed E-state index contributed by atoms with van der Waals surface area (Å²) in [6, 6.07) is 7.30. The van der Waals surface area contributed by atoms with Gasteiger partial charge >= 0.3 is 0 Å².